The minimum Gasteiger partial charge on any atom is -0.465 e. The van der Waals surface area contributed by atoms with Gasteiger partial charge in [-0.3, -0.25) is 4.90 Å². The van der Waals surface area contributed by atoms with Crippen LogP contribution >= 0.6 is 0 Å². The molecule has 0 spiro atoms. The first-order valence-corrected chi connectivity index (χ1v) is 6.80. The van der Waals surface area contributed by atoms with Crippen LogP contribution in [0.2, 0.25) is 0 Å². The van der Waals surface area contributed by atoms with Gasteiger partial charge in [0.15, 0.2) is 0 Å². The van der Waals surface area contributed by atoms with Crippen molar-refractivity contribution in [1.82, 2.24) is 4.90 Å². The lowest BCUT2D eigenvalue weighted by Crippen LogP contribution is -2.53. The van der Waals surface area contributed by atoms with Crippen molar-refractivity contribution in [2.24, 2.45) is 0 Å². The summed E-state index contributed by atoms with van der Waals surface area (Å²) in [5.41, 5.74) is 0.290. The average Bonchev–Trinajstić information content (AvgIpc) is 2.84. The Morgan fingerprint density at radius 3 is 2.79 bits per heavy atom. The van der Waals surface area contributed by atoms with Crippen LogP contribution in [-0.2, 0) is 16.1 Å². The Labute approximate surface area is 114 Å². The zero-order valence-electron chi connectivity index (χ0n) is 11.3. The number of aliphatic hydroxyl groups excluding tert-OH is 1. The quantitative estimate of drug-likeness (QED) is 0.819. The van der Waals surface area contributed by atoms with Gasteiger partial charge < -0.3 is 9.84 Å². The third kappa shape index (κ3) is 2.80. The molecule has 1 fully saturated rings. The van der Waals surface area contributed by atoms with E-state index < -0.39 is 5.54 Å². The molecule has 1 heterocycles. The first-order chi connectivity index (χ1) is 9.23. The Kier molecular flexibility index (Phi) is 4.56. The molecule has 1 saturated heterocycles. The summed E-state index contributed by atoms with van der Waals surface area (Å²) in [7, 11) is 0. The summed E-state index contributed by atoms with van der Waals surface area (Å²) in [5.74, 6) is -0.300. The molecule has 0 bridgehead atoms. The van der Waals surface area contributed by atoms with Crippen LogP contribution in [0, 0.1) is 0 Å². The van der Waals surface area contributed by atoms with Crippen LogP contribution in [0.15, 0.2) is 30.3 Å². The molecule has 104 valence electrons. The average molecular weight is 263 g/mol. The molecule has 0 unspecified atom stereocenters. The smallest absolute Gasteiger partial charge is 0.328 e. The van der Waals surface area contributed by atoms with E-state index in [-0.39, 0.29) is 12.6 Å². The van der Waals surface area contributed by atoms with E-state index in [1.807, 2.05) is 35.2 Å². The van der Waals surface area contributed by atoms with Gasteiger partial charge in [-0.1, -0.05) is 30.3 Å². The Balaban J connectivity index is 2.16. The number of rotatable bonds is 5. The maximum Gasteiger partial charge on any atom is 0.328 e. The molecule has 0 aromatic heterocycles. The minimum absolute atomic E-state index is 0.182. The van der Waals surface area contributed by atoms with Crippen molar-refractivity contribution in [3.63, 3.8) is 0 Å². The molecule has 1 aromatic rings. The van der Waals surface area contributed by atoms with E-state index in [1.165, 1.54) is 0 Å². The van der Waals surface area contributed by atoms with E-state index in [2.05, 4.69) is 0 Å². The summed E-state index contributed by atoms with van der Waals surface area (Å²) < 4.78 is 5.15. The van der Waals surface area contributed by atoms with Crippen molar-refractivity contribution in [2.45, 2.75) is 31.8 Å². The number of hydrogen-bond donors (Lipinski definition) is 1. The number of esters is 1. The van der Waals surface area contributed by atoms with Crippen molar-refractivity contribution in [3.8, 4) is 0 Å². The maximum atomic E-state index is 12.2. The van der Waals surface area contributed by atoms with Crippen LogP contribution in [0.3, 0.4) is 0 Å². The highest BCUT2D eigenvalue weighted by Crippen LogP contribution is 2.31. The van der Waals surface area contributed by atoms with Gasteiger partial charge in [0.05, 0.1) is 13.2 Å². The van der Waals surface area contributed by atoms with Crippen LogP contribution < -0.4 is 0 Å². The number of hydrogen-bond acceptors (Lipinski definition) is 4. The SMILES string of the molecule is CCOC(=O)[C@]1(CO)CCCN1Cc1ccccc1. The summed E-state index contributed by atoms with van der Waals surface area (Å²) in [6.07, 6.45) is 1.57. The molecule has 0 aliphatic carbocycles. The molecule has 1 atom stereocenters. The van der Waals surface area contributed by atoms with Gasteiger partial charge >= 0.3 is 5.97 Å². The zero-order chi connectivity index (χ0) is 13.7. The van der Waals surface area contributed by atoms with Gasteiger partial charge in [-0.15, -0.1) is 0 Å². The second kappa shape index (κ2) is 6.17. The molecular weight excluding hydrogens is 242 g/mol. The number of ether oxygens (including phenoxy) is 1. The highest BCUT2D eigenvalue weighted by atomic mass is 16.5. The predicted octanol–water partition coefficient (Wildman–Crippen LogP) is 1.58. The van der Waals surface area contributed by atoms with Crippen LogP contribution in [0.5, 0.6) is 0 Å². The second-order valence-electron chi connectivity index (χ2n) is 4.92. The van der Waals surface area contributed by atoms with Gasteiger partial charge in [0.2, 0.25) is 0 Å². The van der Waals surface area contributed by atoms with Gasteiger partial charge in [0.25, 0.3) is 0 Å². The first kappa shape index (κ1) is 14.0. The summed E-state index contributed by atoms with van der Waals surface area (Å²) in [6, 6.07) is 10.0. The van der Waals surface area contributed by atoms with Crippen LogP contribution in [0.25, 0.3) is 0 Å². The van der Waals surface area contributed by atoms with Gasteiger partial charge in [-0.2, -0.15) is 0 Å². The number of nitrogens with zero attached hydrogens (tertiary/aromatic N) is 1. The van der Waals surface area contributed by atoms with E-state index in [0.29, 0.717) is 19.6 Å². The Morgan fingerprint density at radius 1 is 1.42 bits per heavy atom. The fourth-order valence-electron chi connectivity index (χ4n) is 2.71. The Hall–Kier alpha value is -1.39. The molecule has 1 N–H and O–H groups in total. The molecule has 4 heteroatoms. The van der Waals surface area contributed by atoms with Gasteiger partial charge in [0, 0.05) is 6.54 Å². The lowest BCUT2D eigenvalue weighted by atomic mass is 9.97. The van der Waals surface area contributed by atoms with Crippen LogP contribution in [-0.4, -0.2) is 41.3 Å². The predicted molar refractivity (Wildman–Crippen MR) is 72.5 cm³/mol. The molecule has 1 aliphatic rings. The summed E-state index contributed by atoms with van der Waals surface area (Å²) in [5, 5.41) is 9.72. The lowest BCUT2D eigenvalue weighted by molar-refractivity contribution is -0.159. The van der Waals surface area contributed by atoms with Crippen molar-refractivity contribution < 1.29 is 14.6 Å². The molecule has 0 radical (unpaired) electrons. The number of benzene rings is 1. The standard InChI is InChI=1S/C15H21NO3/c1-2-19-14(18)15(12-17)9-6-10-16(15)11-13-7-4-3-5-8-13/h3-5,7-8,17H,2,6,9-12H2,1H3/t15-/m1/s1. The Bertz CT molecular complexity index is 421. The second-order valence-corrected chi connectivity index (χ2v) is 4.92. The third-order valence-electron chi connectivity index (χ3n) is 3.76. The van der Waals surface area contributed by atoms with Crippen molar-refractivity contribution in [2.75, 3.05) is 19.8 Å². The fourth-order valence-corrected chi connectivity index (χ4v) is 2.71. The molecule has 2 rings (SSSR count). The molecule has 4 nitrogen and oxygen atoms in total. The van der Waals surface area contributed by atoms with Crippen LogP contribution in [0.4, 0.5) is 0 Å². The normalized spacial score (nSPS) is 23.5. The molecule has 19 heavy (non-hydrogen) atoms. The van der Waals surface area contributed by atoms with E-state index >= 15 is 0 Å². The minimum atomic E-state index is -0.855. The monoisotopic (exact) mass is 263 g/mol. The summed E-state index contributed by atoms with van der Waals surface area (Å²) >= 11 is 0. The third-order valence-corrected chi connectivity index (χ3v) is 3.76. The number of likely N-dealkylation sites (tertiary alicyclic amines) is 1. The number of carbonyl (C=O) groups excluding carboxylic acids is 1. The Morgan fingerprint density at radius 2 is 2.16 bits per heavy atom. The molecule has 0 saturated carbocycles. The highest BCUT2D eigenvalue weighted by Gasteiger charge is 2.48. The lowest BCUT2D eigenvalue weighted by Gasteiger charge is -2.34. The van der Waals surface area contributed by atoms with E-state index in [1.54, 1.807) is 6.92 Å². The van der Waals surface area contributed by atoms with Crippen LogP contribution in [0.1, 0.15) is 25.3 Å². The largest absolute Gasteiger partial charge is 0.465 e. The molecular formula is C15H21NO3. The fraction of sp³-hybridized carbons (Fsp3) is 0.533. The van der Waals surface area contributed by atoms with Crippen molar-refractivity contribution in [1.29, 1.82) is 0 Å². The van der Waals surface area contributed by atoms with Crippen molar-refractivity contribution >= 4 is 5.97 Å². The van der Waals surface area contributed by atoms with Gasteiger partial charge in [-0.05, 0) is 31.9 Å². The number of carbonyl (C=O) groups is 1. The molecule has 1 aromatic carbocycles. The molecule has 0 amide bonds. The summed E-state index contributed by atoms with van der Waals surface area (Å²) in [4.78, 5) is 14.2. The maximum absolute atomic E-state index is 12.2. The van der Waals surface area contributed by atoms with Gasteiger partial charge in [0.1, 0.15) is 5.54 Å². The zero-order valence-corrected chi connectivity index (χ0v) is 11.3. The topological polar surface area (TPSA) is 49.8 Å². The highest BCUT2D eigenvalue weighted by molar-refractivity contribution is 5.81. The van der Waals surface area contributed by atoms with E-state index in [9.17, 15) is 9.90 Å². The molecule has 1 aliphatic heterocycles. The van der Waals surface area contributed by atoms with Gasteiger partial charge in [-0.25, -0.2) is 4.79 Å². The first-order valence-electron chi connectivity index (χ1n) is 6.80. The van der Waals surface area contributed by atoms with Crippen molar-refractivity contribution in [3.05, 3.63) is 35.9 Å². The summed E-state index contributed by atoms with van der Waals surface area (Å²) in [6.45, 7) is 3.44. The van der Waals surface area contributed by atoms with E-state index in [4.69, 9.17) is 4.74 Å². The van der Waals surface area contributed by atoms with E-state index in [0.717, 1.165) is 18.5 Å². The number of aliphatic hydroxyl groups is 1.